The third-order valence-electron chi connectivity index (χ3n) is 2.94. The lowest BCUT2D eigenvalue weighted by molar-refractivity contribution is -0.115. The van der Waals surface area contributed by atoms with Crippen LogP contribution in [0.5, 0.6) is 5.75 Å². The Morgan fingerprint density at radius 2 is 2.05 bits per heavy atom. The quantitative estimate of drug-likeness (QED) is 0.889. The average Bonchev–Trinajstić information content (AvgIpc) is 2.54. The van der Waals surface area contributed by atoms with Crippen LogP contribution in [0.4, 0.5) is 5.82 Å². The molecule has 0 unspecified atom stereocenters. The van der Waals surface area contributed by atoms with E-state index in [9.17, 15) is 4.79 Å². The first-order valence-electron chi connectivity index (χ1n) is 6.66. The number of benzene rings is 1. The highest BCUT2D eigenvalue weighted by atomic mass is 32.2. The van der Waals surface area contributed by atoms with Gasteiger partial charge in [0.25, 0.3) is 0 Å². The van der Waals surface area contributed by atoms with Crippen LogP contribution in [0.25, 0.3) is 0 Å². The number of amides is 1. The molecule has 110 valence electrons. The van der Waals surface area contributed by atoms with Gasteiger partial charge in [-0.15, -0.1) is 11.8 Å². The molecule has 0 radical (unpaired) electrons. The number of pyridine rings is 1. The topological polar surface area (TPSA) is 51.2 Å². The minimum Gasteiger partial charge on any atom is -0.493 e. The molecule has 1 amide bonds. The van der Waals surface area contributed by atoms with E-state index in [1.165, 1.54) is 5.56 Å². The van der Waals surface area contributed by atoms with Crippen molar-refractivity contribution in [1.82, 2.24) is 4.98 Å². The van der Waals surface area contributed by atoms with Crippen molar-refractivity contribution in [2.24, 2.45) is 0 Å². The molecule has 0 aliphatic rings. The Hall–Kier alpha value is -2.01. The fourth-order valence-corrected chi connectivity index (χ4v) is 2.58. The van der Waals surface area contributed by atoms with Crippen LogP contribution in [-0.4, -0.2) is 23.3 Å². The smallest absolute Gasteiger partial charge is 0.238 e. The Morgan fingerprint density at radius 1 is 1.29 bits per heavy atom. The van der Waals surface area contributed by atoms with Crippen molar-refractivity contribution in [3.8, 4) is 5.75 Å². The number of ether oxygens (including phenoxy) is 1. The number of carbonyl (C=O) groups excluding carboxylic acids is 1. The van der Waals surface area contributed by atoms with Crippen LogP contribution in [0.3, 0.4) is 0 Å². The summed E-state index contributed by atoms with van der Waals surface area (Å²) in [5, 5.41) is 2.63. The third-order valence-corrected chi connectivity index (χ3v) is 4.16. The molecule has 1 N–H and O–H groups in total. The van der Waals surface area contributed by atoms with Gasteiger partial charge in [0.05, 0.1) is 12.4 Å². The number of rotatable bonds is 6. The molecule has 2 rings (SSSR count). The fourth-order valence-electron chi connectivity index (χ4n) is 1.74. The highest BCUT2D eigenvalue weighted by Gasteiger charge is 2.16. The van der Waals surface area contributed by atoms with E-state index in [0.717, 1.165) is 5.75 Å². The van der Waals surface area contributed by atoms with Gasteiger partial charge >= 0.3 is 0 Å². The van der Waals surface area contributed by atoms with Crippen molar-refractivity contribution in [3.63, 3.8) is 0 Å². The zero-order valence-electron chi connectivity index (χ0n) is 12.1. The number of thioether (sulfide) groups is 1. The minimum atomic E-state index is -0.170. The molecule has 5 heteroatoms. The fraction of sp³-hybridized carbons (Fsp3) is 0.250. The molecule has 0 saturated heterocycles. The Kier molecular flexibility index (Phi) is 5.63. The molecule has 0 fully saturated rings. The van der Waals surface area contributed by atoms with E-state index in [1.54, 1.807) is 37.2 Å². The van der Waals surface area contributed by atoms with Gasteiger partial charge in [0, 0.05) is 11.9 Å². The van der Waals surface area contributed by atoms with Crippen LogP contribution in [0.15, 0.2) is 48.7 Å². The number of nitrogens with one attached hydrogen (secondary N) is 1. The molecule has 0 aliphatic heterocycles. The molecule has 0 spiro atoms. The van der Waals surface area contributed by atoms with Gasteiger partial charge in [-0.2, -0.15) is 0 Å². The second-order valence-corrected chi connectivity index (χ2v) is 5.81. The molecule has 1 atom stereocenters. The third kappa shape index (κ3) is 4.49. The minimum absolute atomic E-state index is 0.0760. The van der Waals surface area contributed by atoms with Crippen LogP contribution in [0.2, 0.25) is 0 Å². The van der Waals surface area contributed by atoms with E-state index in [2.05, 4.69) is 22.4 Å². The second kappa shape index (κ2) is 7.69. The number of aromatic nitrogens is 1. The predicted octanol–water partition coefficient (Wildman–Crippen LogP) is 3.35. The van der Waals surface area contributed by atoms with Gasteiger partial charge in [-0.1, -0.05) is 30.3 Å². The number of methoxy groups -OCH3 is 1. The maximum Gasteiger partial charge on any atom is 0.238 e. The lowest BCUT2D eigenvalue weighted by atomic mass is 10.2. The highest BCUT2D eigenvalue weighted by molar-refractivity contribution is 7.99. The van der Waals surface area contributed by atoms with Crippen molar-refractivity contribution in [1.29, 1.82) is 0 Å². The first-order valence-corrected chi connectivity index (χ1v) is 7.71. The summed E-state index contributed by atoms with van der Waals surface area (Å²) in [7, 11) is 1.56. The van der Waals surface area contributed by atoms with Gasteiger partial charge in [0.15, 0.2) is 11.6 Å². The lowest BCUT2D eigenvalue weighted by Gasteiger charge is -2.13. The van der Waals surface area contributed by atoms with Crippen molar-refractivity contribution in [2.45, 2.75) is 17.9 Å². The normalized spacial score (nSPS) is 11.7. The van der Waals surface area contributed by atoms with Crippen LogP contribution < -0.4 is 10.1 Å². The summed E-state index contributed by atoms with van der Waals surface area (Å²) < 4.78 is 5.17. The molecule has 1 aromatic carbocycles. The van der Waals surface area contributed by atoms with E-state index < -0.39 is 0 Å². The maximum absolute atomic E-state index is 12.2. The van der Waals surface area contributed by atoms with Gasteiger partial charge in [-0.05, 0) is 24.6 Å². The molecular formula is C16H18N2O2S. The van der Waals surface area contributed by atoms with E-state index in [0.29, 0.717) is 11.6 Å². The largest absolute Gasteiger partial charge is 0.493 e. The molecule has 1 heterocycles. The van der Waals surface area contributed by atoms with Crippen molar-refractivity contribution in [2.75, 3.05) is 12.4 Å². The Morgan fingerprint density at radius 3 is 2.76 bits per heavy atom. The van der Waals surface area contributed by atoms with Crippen LogP contribution >= 0.6 is 11.8 Å². The van der Waals surface area contributed by atoms with Crippen LogP contribution in [-0.2, 0) is 10.5 Å². The van der Waals surface area contributed by atoms with Gasteiger partial charge in [-0.3, -0.25) is 4.79 Å². The number of nitrogens with zero attached hydrogens (tertiary/aromatic N) is 1. The number of anilines is 1. The summed E-state index contributed by atoms with van der Waals surface area (Å²) in [5.41, 5.74) is 1.21. The highest BCUT2D eigenvalue weighted by Crippen LogP contribution is 2.23. The van der Waals surface area contributed by atoms with Crippen LogP contribution in [0, 0.1) is 0 Å². The SMILES string of the molecule is COc1cccnc1NC(=O)[C@@H](C)SCc1ccccc1. The standard InChI is InChI=1S/C16H18N2O2S/c1-12(21-11-13-7-4-3-5-8-13)16(19)18-15-14(20-2)9-6-10-17-15/h3-10,12H,11H2,1-2H3,(H,17,18,19)/t12-/m1/s1. The summed E-state index contributed by atoms with van der Waals surface area (Å²) in [4.78, 5) is 16.3. The summed E-state index contributed by atoms with van der Waals surface area (Å²) in [6, 6.07) is 13.6. The molecule has 1 aromatic heterocycles. The average molecular weight is 302 g/mol. The van der Waals surface area contributed by atoms with Gasteiger partial charge in [0.1, 0.15) is 0 Å². The van der Waals surface area contributed by atoms with Crippen molar-refractivity contribution in [3.05, 3.63) is 54.2 Å². The second-order valence-electron chi connectivity index (χ2n) is 4.48. The first kappa shape index (κ1) is 15.4. The molecular weight excluding hydrogens is 284 g/mol. The molecule has 4 nitrogen and oxygen atoms in total. The monoisotopic (exact) mass is 302 g/mol. The molecule has 0 aliphatic carbocycles. The number of hydrogen-bond donors (Lipinski definition) is 1. The Labute approximate surface area is 128 Å². The summed E-state index contributed by atoms with van der Waals surface area (Å²) in [5.74, 6) is 1.74. The first-order chi connectivity index (χ1) is 10.2. The maximum atomic E-state index is 12.2. The van der Waals surface area contributed by atoms with Gasteiger partial charge in [-0.25, -0.2) is 4.98 Å². The molecule has 0 saturated carbocycles. The number of carbonyl (C=O) groups is 1. The molecule has 0 bridgehead atoms. The lowest BCUT2D eigenvalue weighted by Crippen LogP contribution is -2.23. The van der Waals surface area contributed by atoms with Crippen molar-refractivity contribution < 1.29 is 9.53 Å². The molecule has 2 aromatic rings. The Balaban J connectivity index is 1.90. The predicted molar refractivity (Wildman–Crippen MR) is 86.6 cm³/mol. The summed E-state index contributed by atoms with van der Waals surface area (Å²) >= 11 is 1.59. The van der Waals surface area contributed by atoms with E-state index in [4.69, 9.17) is 4.74 Å². The van der Waals surface area contributed by atoms with E-state index in [-0.39, 0.29) is 11.2 Å². The number of hydrogen-bond acceptors (Lipinski definition) is 4. The van der Waals surface area contributed by atoms with E-state index in [1.807, 2.05) is 25.1 Å². The van der Waals surface area contributed by atoms with Gasteiger partial charge < -0.3 is 10.1 Å². The summed E-state index contributed by atoms with van der Waals surface area (Å²) in [6.07, 6.45) is 1.62. The van der Waals surface area contributed by atoms with Crippen LogP contribution in [0.1, 0.15) is 12.5 Å². The van der Waals surface area contributed by atoms with Gasteiger partial charge in [0.2, 0.25) is 5.91 Å². The van der Waals surface area contributed by atoms with Crippen molar-refractivity contribution >= 4 is 23.5 Å². The summed E-state index contributed by atoms with van der Waals surface area (Å²) in [6.45, 7) is 1.89. The molecule has 21 heavy (non-hydrogen) atoms. The van der Waals surface area contributed by atoms with E-state index >= 15 is 0 Å². The Bertz CT molecular complexity index is 590. The zero-order chi connectivity index (χ0) is 15.1. The zero-order valence-corrected chi connectivity index (χ0v) is 12.9.